The Morgan fingerprint density at radius 2 is 2.05 bits per heavy atom. The topological polar surface area (TPSA) is 48.4 Å². The molecular formula is C16H15NO2. The summed E-state index contributed by atoms with van der Waals surface area (Å²) >= 11 is 0. The lowest BCUT2D eigenvalue weighted by molar-refractivity contribution is 0.415. The maximum atomic E-state index is 5.70. The molecule has 3 nitrogen and oxygen atoms in total. The Labute approximate surface area is 111 Å². The van der Waals surface area contributed by atoms with E-state index in [1.54, 1.807) is 13.4 Å². The first-order valence-electron chi connectivity index (χ1n) is 6.16. The molecule has 0 radical (unpaired) electrons. The van der Waals surface area contributed by atoms with Crippen LogP contribution in [0.5, 0.6) is 5.75 Å². The van der Waals surface area contributed by atoms with Crippen LogP contribution in [0.2, 0.25) is 0 Å². The molecule has 2 N–H and O–H groups in total. The van der Waals surface area contributed by atoms with Crippen molar-refractivity contribution in [3.05, 3.63) is 54.3 Å². The lowest BCUT2D eigenvalue weighted by Crippen LogP contribution is -1.95. The van der Waals surface area contributed by atoms with Gasteiger partial charge in [0.15, 0.2) is 0 Å². The summed E-state index contributed by atoms with van der Waals surface area (Å²) in [7, 11) is 1.67. The normalized spacial score (nSPS) is 10.8. The molecule has 0 saturated heterocycles. The summed E-state index contributed by atoms with van der Waals surface area (Å²) in [4.78, 5) is 0. The van der Waals surface area contributed by atoms with Gasteiger partial charge in [-0.05, 0) is 35.4 Å². The van der Waals surface area contributed by atoms with E-state index < -0.39 is 0 Å². The van der Waals surface area contributed by atoms with Crippen LogP contribution in [0, 0.1) is 0 Å². The van der Waals surface area contributed by atoms with Crippen LogP contribution in [-0.2, 0) is 6.54 Å². The highest BCUT2D eigenvalue weighted by Crippen LogP contribution is 2.33. The minimum Gasteiger partial charge on any atom is -0.497 e. The summed E-state index contributed by atoms with van der Waals surface area (Å²) in [6.07, 6.45) is 1.69. The van der Waals surface area contributed by atoms with E-state index in [1.807, 2.05) is 30.3 Å². The van der Waals surface area contributed by atoms with Crippen LogP contribution in [0.15, 0.2) is 53.1 Å². The van der Waals surface area contributed by atoms with Crippen LogP contribution in [0.3, 0.4) is 0 Å². The van der Waals surface area contributed by atoms with Crippen molar-refractivity contribution in [2.24, 2.45) is 5.73 Å². The van der Waals surface area contributed by atoms with Gasteiger partial charge < -0.3 is 14.9 Å². The molecule has 0 spiro atoms. The predicted molar refractivity (Wildman–Crippen MR) is 76.1 cm³/mol. The van der Waals surface area contributed by atoms with Crippen molar-refractivity contribution in [1.82, 2.24) is 0 Å². The van der Waals surface area contributed by atoms with Crippen molar-refractivity contribution in [2.45, 2.75) is 6.54 Å². The molecule has 96 valence electrons. The summed E-state index contributed by atoms with van der Waals surface area (Å²) in [6.45, 7) is 0.527. The van der Waals surface area contributed by atoms with Crippen LogP contribution < -0.4 is 10.5 Å². The second-order valence-corrected chi connectivity index (χ2v) is 4.42. The molecule has 3 rings (SSSR count). The molecule has 0 amide bonds. The number of hydrogen-bond acceptors (Lipinski definition) is 3. The quantitative estimate of drug-likeness (QED) is 0.776. The lowest BCUT2D eigenvalue weighted by atomic mass is 10.0. The highest BCUT2D eigenvalue weighted by molar-refractivity contribution is 5.94. The fourth-order valence-corrected chi connectivity index (χ4v) is 2.25. The van der Waals surface area contributed by atoms with E-state index in [1.165, 1.54) is 0 Å². The van der Waals surface area contributed by atoms with E-state index in [9.17, 15) is 0 Å². The Morgan fingerprint density at radius 3 is 2.84 bits per heavy atom. The summed E-state index contributed by atoms with van der Waals surface area (Å²) in [6, 6.07) is 14.0. The van der Waals surface area contributed by atoms with Crippen molar-refractivity contribution >= 4 is 11.0 Å². The Balaban J connectivity index is 2.24. The molecular weight excluding hydrogens is 238 g/mol. The molecule has 0 bridgehead atoms. The summed E-state index contributed by atoms with van der Waals surface area (Å²) < 4.78 is 10.9. The molecule has 19 heavy (non-hydrogen) atoms. The molecule has 0 saturated carbocycles. The van der Waals surface area contributed by atoms with Crippen molar-refractivity contribution in [3.63, 3.8) is 0 Å². The van der Waals surface area contributed by atoms with Gasteiger partial charge in [0, 0.05) is 17.5 Å². The molecule has 0 atom stereocenters. The highest BCUT2D eigenvalue weighted by Gasteiger charge is 2.10. The largest absolute Gasteiger partial charge is 0.497 e. The van der Waals surface area contributed by atoms with Crippen molar-refractivity contribution < 1.29 is 9.15 Å². The molecule has 0 unspecified atom stereocenters. The number of furan rings is 1. The molecule has 0 aliphatic carbocycles. The summed E-state index contributed by atoms with van der Waals surface area (Å²) in [5.74, 6) is 0.821. The second-order valence-electron chi connectivity index (χ2n) is 4.42. The third-order valence-corrected chi connectivity index (χ3v) is 3.23. The smallest absolute Gasteiger partial charge is 0.141 e. The van der Waals surface area contributed by atoms with E-state index >= 15 is 0 Å². The van der Waals surface area contributed by atoms with Gasteiger partial charge in [-0.2, -0.15) is 0 Å². The number of nitrogens with two attached hydrogens (primary N) is 1. The minimum atomic E-state index is 0.527. The number of fused-ring (bicyclic) bond motifs is 1. The van der Waals surface area contributed by atoms with Gasteiger partial charge in [0.05, 0.1) is 13.4 Å². The fourth-order valence-electron chi connectivity index (χ4n) is 2.25. The monoisotopic (exact) mass is 253 g/mol. The summed E-state index contributed by atoms with van der Waals surface area (Å²) in [5.41, 5.74) is 9.77. The molecule has 3 heteroatoms. The first-order valence-corrected chi connectivity index (χ1v) is 6.16. The van der Waals surface area contributed by atoms with Gasteiger partial charge in [-0.25, -0.2) is 0 Å². The van der Waals surface area contributed by atoms with Gasteiger partial charge in [0.2, 0.25) is 0 Å². The minimum absolute atomic E-state index is 0.527. The number of methoxy groups -OCH3 is 1. The lowest BCUT2D eigenvalue weighted by Gasteiger charge is -2.07. The van der Waals surface area contributed by atoms with Crippen LogP contribution >= 0.6 is 0 Å². The van der Waals surface area contributed by atoms with E-state index in [4.69, 9.17) is 14.9 Å². The third kappa shape index (κ3) is 2.09. The van der Waals surface area contributed by atoms with Crippen LogP contribution in [0.25, 0.3) is 22.1 Å². The number of ether oxygens (including phenoxy) is 1. The molecule has 0 fully saturated rings. The van der Waals surface area contributed by atoms with E-state index in [0.29, 0.717) is 6.54 Å². The van der Waals surface area contributed by atoms with Gasteiger partial charge >= 0.3 is 0 Å². The van der Waals surface area contributed by atoms with Gasteiger partial charge in [-0.3, -0.25) is 0 Å². The van der Waals surface area contributed by atoms with Crippen LogP contribution in [0.4, 0.5) is 0 Å². The fraction of sp³-hybridized carbons (Fsp3) is 0.125. The van der Waals surface area contributed by atoms with Gasteiger partial charge in [0.1, 0.15) is 11.3 Å². The van der Waals surface area contributed by atoms with E-state index in [2.05, 4.69) is 12.1 Å². The van der Waals surface area contributed by atoms with Crippen molar-refractivity contribution in [2.75, 3.05) is 7.11 Å². The molecule has 0 aliphatic heterocycles. The van der Waals surface area contributed by atoms with Crippen LogP contribution in [-0.4, -0.2) is 7.11 Å². The highest BCUT2D eigenvalue weighted by atomic mass is 16.5. The molecule has 0 aliphatic rings. The Morgan fingerprint density at radius 1 is 1.16 bits per heavy atom. The standard InChI is InChI=1S/C16H15NO2/c1-18-14-8-13-5-6-19-16(13)15(9-14)12-4-2-3-11(7-12)10-17/h2-9H,10,17H2,1H3. The summed E-state index contributed by atoms with van der Waals surface area (Å²) in [5, 5.41) is 1.03. The zero-order valence-corrected chi connectivity index (χ0v) is 10.7. The van der Waals surface area contributed by atoms with Crippen molar-refractivity contribution in [1.29, 1.82) is 0 Å². The first kappa shape index (κ1) is 11.8. The predicted octanol–water partition coefficient (Wildman–Crippen LogP) is 3.57. The van der Waals surface area contributed by atoms with Crippen molar-refractivity contribution in [3.8, 4) is 16.9 Å². The average molecular weight is 253 g/mol. The SMILES string of the molecule is COc1cc(-c2cccc(CN)c2)c2occc2c1. The second kappa shape index (κ2) is 4.78. The number of rotatable bonds is 3. The molecule has 1 aromatic heterocycles. The first-order chi connectivity index (χ1) is 9.31. The number of benzene rings is 2. The zero-order valence-electron chi connectivity index (χ0n) is 10.7. The number of hydrogen-bond donors (Lipinski definition) is 1. The Kier molecular flexibility index (Phi) is 2.97. The maximum Gasteiger partial charge on any atom is 0.141 e. The maximum absolute atomic E-state index is 5.70. The van der Waals surface area contributed by atoms with Gasteiger partial charge in [0.25, 0.3) is 0 Å². The van der Waals surface area contributed by atoms with E-state index in [0.717, 1.165) is 33.4 Å². The van der Waals surface area contributed by atoms with Gasteiger partial charge in [-0.1, -0.05) is 18.2 Å². The van der Waals surface area contributed by atoms with Crippen LogP contribution in [0.1, 0.15) is 5.56 Å². The average Bonchev–Trinajstić information content (AvgIpc) is 2.94. The van der Waals surface area contributed by atoms with Gasteiger partial charge in [-0.15, -0.1) is 0 Å². The van der Waals surface area contributed by atoms with E-state index in [-0.39, 0.29) is 0 Å². The molecule has 1 heterocycles. The Bertz CT molecular complexity index is 716. The zero-order chi connectivity index (χ0) is 13.2. The molecule has 2 aromatic carbocycles. The third-order valence-electron chi connectivity index (χ3n) is 3.23. The Hall–Kier alpha value is -2.26. The molecule has 3 aromatic rings.